The number of aromatic nitrogens is 1. The third-order valence-corrected chi connectivity index (χ3v) is 7.48. The lowest BCUT2D eigenvalue weighted by atomic mass is 9.78. The molecule has 0 radical (unpaired) electrons. The van der Waals surface area contributed by atoms with E-state index in [1.807, 2.05) is 58.6 Å². The van der Waals surface area contributed by atoms with Gasteiger partial charge in [0.15, 0.2) is 0 Å². The molecule has 0 saturated carbocycles. The number of carbonyl (C=O) groups excluding carboxylic acids is 2. The molecule has 2 aliphatic heterocycles. The van der Waals surface area contributed by atoms with Crippen LogP contribution in [0.4, 0.5) is 4.79 Å². The van der Waals surface area contributed by atoms with Crippen molar-refractivity contribution in [1.82, 2.24) is 15.2 Å². The summed E-state index contributed by atoms with van der Waals surface area (Å²) >= 11 is 0. The summed E-state index contributed by atoms with van der Waals surface area (Å²) in [5, 5.41) is 3.75. The van der Waals surface area contributed by atoms with Crippen LogP contribution in [0.15, 0.2) is 24.3 Å². The summed E-state index contributed by atoms with van der Waals surface area (Å²) in [6.45, 7) is 12.7. The minimum atomic E-state index is -0.632. The summed E-state index contributed by atoms with van der Waals surface area (Å²) in [4.78, 5) is 30.6. The second kappa shape index (κ2) is 8.93. The number of H-pyrrole nitrogens is 1. The highest BCUT2D eigenvalue weighted by atomic mass is 16.7. The van der Waals surface area contributed by atoms with Gasteiger partial charge >= 0.3 is 13.2 Å². The van der Waals surface area contributed by atoms with Crippen LogP contribution in [0.1, 0.15) is 66.1 Å². The van der Waals surface area contributed by atoms with E-state index in [1.165, 1.54) is 7.11 Å². The fourth-order valence-electron chi connectivity index (χ4n) is 4.71. The van der Waals surface area contributed by atoms with Gasteiger partial charge in [-0.25, -0.2) is 4.79 Å². The number of methoxy groups -OCH3 is 1. The molecule has 0 unspecified atom stereocenters. The first-order valence-corrected chi connectivity index (χ1v) is 12.1. The monoisotopic (exact) mass is 469 g/mol. The van der Waals surface area contributed by atoms with E-state index in [0.717, 1.165) is 34.9 Å². The Balaban J connectivity index is 1.57. The van der Waals surface area contributed by atoms with Crippen LogP contribution in [-0.2, 0) is 18.8 Å². The van der Waals surface area contributed by atoms with Crippen molar-refractivity contribution in [3.63, 3.8) is 0 Å². The maximum atomic E-state index is 13.4. The van der Waals surface area contributed by atoms with Gasteiger partial charge in [-0.1, -0.05) is 26.0 Å². The molecule has 184 valence electrons. The molecule has 0 spiro atoms. The van der Waals surface area contributed by atoms with Crippen LogP contribution in [0.2, 0.25) is 0 Å². The maximum Gasteiger partial charge on any atom is 0.494 e. The number of rotatable bonds is 5. The molecule has 2 fully saturated rings. The summed E-state index contributed by atoms with van der Waals surface area (Å²) in [5.41, 5.74) is 2.17. The Morgan fingerprint density at radius 3 is 2.47 bits per heavy atom. The molecule has 4 rings (SSSR count). The van der Waals surface area contributed by atoms with Crippen molar-refractivity contribution in [3.05, 3.63) is 30.0 Å². The number of benzene rings is 1. The van der Waals surface area contributed by atoms with E-state index in [0.29, 0.717) is 6.54 Å². The first-order valence-electron chi connectivity index (χ1n) is 12.1. The van der Waals surface area contributed by atoms with Crippen LogP contribution in [0.5, 0.6) is 0 Å². The van der Waals surface area contributed by atoms with Crippen molar-refractivity contribution in [2.75, 3.05) is 13.7 Å². The topological polar surface area (TPSA) is 92.9 Å². The second-order valence-electron chi connectivity index (χ2n) is 10.7. The van der Waals surface area contributed by atoms with Crippen molar-refractivity contribution in [3.8, 4) is 0 Å². The third kappa shape index (κ3) is 4.43. The molecule has 8 nitrogen and oxygen atoms in total. The van der Waals surface area contributed by atoms with Gasteiger partial charge in [-0.3, -0.25) is 4.79 Å². The Bertz CT molecular complexity index is 1060. The second-order valence-corrected chi connectivity index (χ2v) is 10.7. The zero-order chi connectivity index (χ0) is 24.8. The lowest BCUT2D eigenvalue weighted by Gasteiger charge is -2.32. The van der Waals surface area contributed by atoms with E-state index in [4.69, 9.17) is 14.0 Å². The number of ether oxygens (including phenoxy) is 1. The van der Waals surface area contributed by atoms with E-state index in [2.05, 4.69) is 22.4 Å². The van der Waals surface area contributed by atoms with Crippen LogP contribution in [0.25, 0.3) is 10.9 Å². The molecule has 1 aromatic carbocycles. The third-order valence-electron chi connectivity index (χ3n) is 7.48. The van der Waals surface area contributed by atoms with Crippen LogP contribution >= 0.6 is 0 Å². The molecule has 3 heterocycles. The van der Waals surface area contributed by atoms with Crippen molar-refractivity contribution >= 4 is 35.5 Å². The van der Waals surface area contributed by atoms with E-state index >= 15 is 0 Å². The standard InChI is InChI=1S/C25H36BN3O5/c1-15(2)21(28-23(31)32-7)22(30)29-12-8-9-20(29)19-14-16-13-17(10-11-18(16)27-19)26-33-24(3,4)25(5,6)34-26/h10-11,13-15,20-21,27H,8-9,12H2,1-7H3,(H,28,31)/t20-,21-/m0/s1. The van der Waals surface area contributed by atoms with Crippen molar-refractivity contribution in [1.29, 1.82) is 0 Å². The largest absolute Gasteiger partial charge is 0.494 e. The normalized spacial score (nSPS) is 22.4. The number of nitrogens with zero attached hydrogens (tertiary/aromatic N) is 1. The quantitative estimate of drug-likeness (QED) is 0.654. The van der Waals surface area contributed by atoms with Gasteiger partial charge in [0.25, 0.3) is 0 Å². The molecule has 2 amide bonds. The molecule has 2 aliphatic rings. The van der Waals surface area contributed by atoms with Crippen LogP contribution in [0, 0.1) is 5.92 Å². The smallest absolute Gasteiger partial charge is 0.453 e. The van der Waals surface area contributed by atoms with E-state index in [-0.39, 0.29) is 17.9 Å². The van der Waals surface area contributed by atoms with Gasteiger partial charge in [-0.15, -0.1) is 0 Å². The number of aromatic amines is 1. The van der Waals surface area contributed by atoms with Crippen molar-refractivity contribution in [2.45, 2.75) is 77.7 Å². The number of nitrogens with one attached hydrogen (secondary N) is 2. The Labute approximate surface area is 201 Å². The van der Waals surface area contributed by atoms with Gasteiger partial charge in [0, 0.05) is 17.8 Å². The molecule has 1 aromatic heterocycles. The predicted molar refractivity (Wildman–Crippen MR) is 132 cm³/mol. The van der Waals surface area contributed by atoms with Crippen molar-refractivity contribution in [2.24, 2.45) is 5.92 Å². The molecule has 34 heavy (non-hydrogen) atoms. The molecule has 2 N–H and O–H groups in total. The summed E-state index contributed by atoms with van der Waals surface area (Å²) < 4.78 is 17.2. The SMILES string of the molecule is COC(=O)N[C@H](C(=O)N1CCC[C@H]1c1cc2cc(B3OC(C)(C)C(C)(C)O3)ccc2[nH]1)C(C)C. The predicted octanol–water partition coefficient (Wildman–Crippen LogP) is 3.51. The lowest BCUT2D eigenvalue weighted by molar-refractivity contribution is -0.135. The number of likely N-dealkylation sites (tertiary alicyclic amines) is 1. The molecule has 0 bridgehead atoms. The summed E-state index contributed by atoms with van der Waals surface area (Å²) in [6.07, 6.45) is 1.18. The van der Waals surface area contributed by atoms with E-state index in [1.54, 1.807) is 0 Å². The van der Waals surface area contributed by atoms with Crippen LogP contribution in [0.3, 0.4) is 0 Å². The van der Waals surface area contributed by atoms with Gasteiger partial charge in [-0.05, 0) is 69.4 Å². The number of fused-ring (bicyclic) bond motifs is 1. The number of amides is 2. The molecular formula is C25H36BN3O5. The molecule has 2 atom stereocenters. The zero-order valence-corrected chi connectivity index (χ0v) is 21.2. The minimum Gasteiger partial charge on any atom is -0.453 e. The van der Waals surface area contributed by atoms with Gasteiger partial charge in [0.05, 0.1) is 24.4 Å². The average molecular weight is 469 g/mol. The maximum absolute atomic E-state index is 13.4. The number of hydrogen-bond donors (Lipinski definition) is 2. The fourth-order valence-corrected chi connectivity index (χ4v) is 4.71. The van der Waals surface area contributed by atoms with Crippen LogP contribution in [-0.4, -0.2) is 59.9 Å². The Morgan fingerprint density at radius 1 is 1.18 bits per heavy atom. The number of carbonyl (C=O) groups is 2. The van der Waals surface area contributed by atoms with Gasteiger partial charge in [0.2, 0.25) is 5.91 Å². The average Bonchev–Trinajstić information content (AvgIpc) is 3.46. The van der Waals surface area contributed by atoms with Crippen molar-refractivity contribution < 1.29 is 23.6 Å². The fraction of sp³-hybridized carbons (Fsp3) is 0.600. The highest BCUT2D eigenvalue weighted by molar-refractivity contribution is 6.62. The summed E-state index contributed by atoms with van der Waals surface area (Å²) in [5.74, 6) is -0.141. The van der Waals surface area contributed by atoms with E-state index < -0.39 is 30.5 Å². The molecule has 9 heteroatoms. The molecule has 0 aliphatic carbocycles. The Kier molecular flexibility index (Phi) is 6.46. The number of hydrogen-bond acceptors (Lipinski definition) is 5. The molecule has 2 saturated heterocycles. The molecule has 2 aromatic rings. The Hall–Kier alpha value is -2.52. The highest BCUT2D eigenvalue weighted by Gasteiger charge is 2.51. The Morgan fingerprint density at radius 2 is 1.85 bits per heavy atom. The highest BCUT2D eigenvalue weighted by Crippen LogP contribution is 2.37. The first-order chi connectivity index (χ1) is 15.9. The lowest BCUT2D eigenvalue weighted by Crippen LogP contribution is -2.51. The van der Waals surface area contributed by atoms with E-state index in [9.17, 15) is 9.59 Å². The van der Waals surface area contributed by atoms with Gasteiger partial charge < -0.3 is 29.2 Å². The first kappa shape index (κ1) is 24.6. The molecular weight excluding hydrogens is 433 g/mol. The van der Waals surface area contributed by atoms with Gasteiger partial charge in [-0.2, -0.15) is 0 Å². The minimum absolute atomic E-state index is 0.0574. The van der Waals surface area contributed by atoms with Gasteiger partial charge in [0.1, 0.15) is 6.04 Å². The van der Waals surface area contributed by atoms with Crippen LogP contribution < -0.4 is 10.8 Å². The summed E-state index contributed by atoms with van der Waals surface area (Å²) in [6, 6.07) is 7.56. The number of alkyl carbamates (subject to hydrolysis) is 1. The zero-order valence-electron chi connectivity index (χ0n) is 21.2. The summed E-state index contributed by atoms with van der Waals surface area (Å²) in [7, 11) is 0.881.